The molecule has 0 bridgehead atoms. The molecule has 2 aromatic heterocycles. The molecule has 28 heavy (non-hydrogen) atoms. The highest BCUT2D eigenvalue weighted by atomic mass is 19.4. The van der Waals surface area contributed by atoms with Crippen LogP contribution in [0.3, 0.4) is 0 Å². The first-order chi connectivity index (χ1) is 13.1. The third kappa shape index (κ3) is 6.29. The van der Waals surface area contributed by atoms with E-state index in [1.165, 1.54) is 12.1 Å². The fourth-order valence-corrected chi connectivity index (χ4v) is 2.35. The summed E-state index contributed by atoms with van der Waals surface area (Å²) in [7, 11) is 0. The molecule has 10 heteroatoms. The molecule has 0 saturated carbocycles. The van der Waals surface area contributed by atoms with Crippen molar-refractivity contribution in [1.29, 1.82) is 0 Å². The van der Waals surface area contributed by atoms with Gasteiger partial charge in [-0.1, -0.05) is 6.92 Å². The van der Waals surface area contributed by atoms with Gasteiger partial charge in [0.1, 0.15) is 11.5 Å². The summed E-state index contributed by atoms with van der Waals surface area (Å²) >= 11 is 0. The predicted molar refractivity (Wildman–Crippen MR) is 96.1 cm³/mol. The molecular weight excluding hydrogens is 377 g/mol. The molecule has 0 aliphatic carbocycles. The van der Waals surface area contributed by atoms with Crippen LogP contribution in [0.15, 0.2) is 24.3 Å². The highest BCUT2D eigenvalue weighted by molar-refractivity contribution is 5.93. The van der Waals surface area contributed by atoms with Gasteiger partial charge in [0.05, 0.1) is 6.04 Å². The third-order valence-corrected chi connectivity index (χ3v) is 3.71. The Hall–Kier alpha value is -3.04. The molecule has 0 fully saturated rings. The number of anilines is 1. The molecule has 0 radical (unpaired) electrons. The molecule has 1 atom stereocenters. The Morgan fingerprint density at radius 3 is 2.64 bits per heavy atom. The van der Waals surface area contributed by atoms with E-state index in [1.54, 1.807) is 32.9 Å². The highest BCUT2D eigenvalue weighted by Crippen LogP contribution is 2.20. The number of halogens is 3. The van der Waals surface area contributed by atoms with Crippen molar-refractivity contribution >= 4 is 17.6 Å². The molecule has 152 valence electrons. The second-order valence-corrected chi connectivity index (χ2v) is 6.16. The number of carbonyl (C=O) groups is 2. The Morgan fingerprint density at radius 1 is 1.29 bits per heavy atom. The Bertz CT molecular complexity index is 849. The van der Waals surface area contributed by atoms with Crippen LogP contribution < -0.4 is 15.4 Å². The summed E-state index contributed by atoms with van der Waals surface area (Å²) in [5.74, 6) is -0.466. The fraction of sp³-hybridized carbons (Fsp3) is 0.389. The van der Waals surface area contributed by atoms with Gasteiger partial charge in [-0.05, 0) is 37.6 Å². The van der Waals surface area contributed by atoms with E-state index >= 15 is 0 Å². The van der Waals surface area contributed by atoms with Gasteiger partial charge < -0.3 is 20.4 Å². The SMILES string of the molecule is CCC(=O)Nc1cc(C(C)NC(=O)c2ccc(OCC(F)(F)F)[nH]2)cc(C)n1. The van der Waals surface area contributed by atoms with Gasteiger partial charge in [0.15, 0.2) is 12.5 Å². The first kappa shape index (κ1) is 21.3. The van der Waals surface area contributed by atoms with Gasteiger partial charge in [-0.3, -0.25) is 9.59 Å². The van der Waals surface area contributed by atoms with Crippen LogP contribution >= 0.6 is 0 Å². The van der Waals surface area contributed by atoms with Gasteiger partial charge in [0, 0.05) is 18.2 Å². The number of rotatable bonds is 7. The molecule has 2 amide bonds. The number of hydrogen-bond acceptors (Lipinski definition) is 4. The Balaban J connectivity index is 2.04. The molecule has 7 nitrogen and oxygen atoms in total. The monoisotopic (exact) mass is 398 g/mol. The Labute approximate surface area is 159 Å². The highest BCUT2D eigenvalue weighted by Gasteiger charge is 2.28. The second kappa shape index (κ2) is 8.77. The minimum absolute atomic E-state index is 0.0642. The number of nitrogens with one attached hydrogen (secondary N) is 3. The number of aromatic nitrogens is 2. The molecule has 1 unspecified atom stereocenters. The first-order valence-corrected chi connectivity index (χ1v) is 8.55. The van der Waals surface area contributed by atoms with Crippen LogP contribution in [0.2, 0.25) is 0 Å². The number of pyridine rings is 1. The largest absolute Gasteiger partial charge is 0.469 e. The quantitative estimate of drug-likeness (QED) is 0.665. The molecule has 0 aliphatic heterocycles. The lowest BCUT2D eigenvalue weighted by Crippen LogP contribution is -2.27. The Morgan fingerprint density at radius 2 is 2.00 bits per heavy atom. The predicted octanol–water partition coefficient (Wildman–Crippen LogP) is 3.50. The lowest BCUT2D eigenvalue weighted by molar-refractivity contribution is -0.154. The van der Waals surface area contributed by atoms with Gasteiger partial charge in [-0.2, -0.15) is 13.2 Å². The van der Waals surface area contributed by atoms with Gasteiger partial charge in [0.2, 0.25) is 5.91 Å². The molecule has 0 spiro atoms. The van der Waals surface area contributed by atoms with Crippen molar-refractivity contribution < 1.29 is 27.5 Å². The summed E-state index contributed by atoms with van der Waals surface area (Å²) in [6, 6.07) is 5.56. The molecule has 0 saturated heterocycles. The molecule has 3 N–H and O–H groups in total. The molecule has 0 aromatic carbocycles. The van der Waals surface area contributed by atoms with Crippen molar-refractivity contribution in [3.05, 3.63) is 41.2 Å². The number of hydrogen-bond donors (Lipinski definition) is 3. The van der Waals surface area contributed by atoms with E-state index in [-0.39, 0.29) is 17.5 Å². The van der Waals surface area contributed by atoms with Crippen LogP contribution in [-0.4, -0.2) is 34.6 Å². The second-order valence-electron chi connectivity index (χ2n) is 6.16. The third-order valence-electron chi connectivity index (χ3n) is 3.71. The van der Waals surface area contributed by atoms with E-state index < -0.39 is 24.7 Å². The van der Waals surface area contributed by atoms with Crippen molar-refractivity contribution in [2.45, 2.75) is 39.4 Å². The molecule has 0 aliphatic rings. The lowest BCUT2D eigenvalue weighted by Gasteiger charge is -2.16. The van der Waals surface area contributed by atoms with Gasteiger partial charge in [0.25, 0.3) is 5.91 Å². The normalized spacial score (nSPS) is 12.4. The van der Waals surface area contributed by atoms with Crippen molar-refractivity contribution in [1.82, 2.24) is 15.3 Å². The van der Waals surface area contributed by atoms with Crippen LogP contribution in [0.25, 0.3) is 0 Å². The number of ether oxygens (including phenoxy) is 1. The van der Waals surface area contributed by atoms with E-state index in [0.717, 1.165) is 0 Å². The summed E-state index contributed by atoms with van der Waals surface area (Å²) in [6.07, 6.45) is -4.16. The van der Waals surface area contributed by atoms with Gasteiger partial charge >= 0.3 is 6.18 Å². The summed E-state index contributed by atoms with van der Waals surface area (Å²) < 4.78 is 41.1. The zero-order valence-electron chi connectivity index (χ0n) is 15.6. The summed E-state index contributed by atoms with van der Waals surface area (Å²) in [6.45, 7) is 3.77. The van der Waals surface area contributed by atoms with Crippen LogP contribution in [0.4, 0.5) is 19.0 Å². The average molecular weight is 398 g/mol. The van der Waals surface area contributed by atoms with E-state index in [2.05, 4.69) is 25.3 Å². The van der Waals surface area contributed by atoms with E-state index in [0.29, 0.717) is 23.5 Å². The minimum Gasteiger partial charge on any atom is -0.469 e. The van der Waals surface area contributed by atoms with Crippen molar-refractivity contribution in [2.75, 3.05) is 11.9 Å². The maximum Gasteiger partial charge on any atom is 0.422 e. The number of aromatic amines is 1. The topological polar surface area (TPSA) is 96.1 Å². The zero-order valence-corrected chi connectivity index (χ0v) is 15.6. The van der Waals surface area contributed by atoms with Crippen LogP contribution in [0, 0.1) is 6.92 Å². The van der Waals surface area contributed by atoms with Gasteiger partial charge in [-0.25, -0.2) is 4.98 Å². The van der Waals surface area contributed by atoms with Crippen molar-refractivity contribution in [3.8, 4) is 5.88 Å². The van der Waals surface area contributed by atoms with Gasteiger partial charge in [-0.15, -0.1) is 0 Å². The van der Waals surface area contributed by atoms with E-state index in [4.69, 9.17) is 0 Å². The molecule has 2 aromatic rings. The first-order valence-electron chi connectivity index (χ1n) is 8.55. The number of amides is 2. The van der Waals surface area contributed by atoms with E-state index in [1.807, 2.05) is 0 Å². The number of nitrogens with zero attached hydrogens (tertiary/aromatic N) is 1. The van der Waals surface area contributed by atoms with Crippen molar-refractivity contribution in [3.63, 3.8) is 0 Å². The van der Waals surface area contributed by atoms with Crippen molar-refractivity contribution in [2.24, 2.45) is 0 Å². The smallest absolute Gasteiger partial charge is 0.422 e. The summed E-state index contributed by atoms with van der Waals surface area (Å²) in [4.78, 5) is 30.6. The maximum absolute atomic E-state index is 12.3. The van der Waals surface area contributed by atoms with Crippen LogP contribution in [0.5, 0.6) is 5.88 Å². The summed E-state index contributed by atoms with van der Waals surface area (Å²) in [5.41, 5.74) is 1.44. The van der Waals surface area contributed by atoms with E-state index in [9.17, 15) is 22.8 Å². The number of alkyl halides is 3. The van der Waals surface area contributed by atoms with Crippen LogP contribution in [-0.2, 0) is 4.79 Å². The number of aryl methyl sites for hydroxylation is 1. The standard InChI is InChI=1S/C18H21F3N4O3/c1-4-15(26)25-14-8-12(7-10(2)22-14)11(3)23-17(27)13-5-6-16(24-13)28-9-18(19,20)21/h5-8,11,24H,4,9H2,1-3H3,(H,23,27)(H,22,25,26). The minimum atomic E-state index is -4.47. The van der Waals surface area contributed by atoms with Crippen LogP contribution in [0.1, 0.15) is 48.1 Å². The zero-order chi connectivity index (χ0) is 20.9. The Kier molecular flexibility index (Phi) is 6.66. The number of carbonyl (C=O) groups excluding carboxylic acids is 2. The summed E-state index contributed by atoms with van der Waals surface area (Å²) in [5, 5.41) is 5.40. The average Bonchev–Trinajstić information content (AvgIpc) is 3.08. The molecular formula is C18H21F3N4O3. The fourth-order valence-electron chi connectivity index (χ4n) is 2.35. The number of H-pyrrole nitrogens is 1. The lowest BCUT2D eigenvalue weighted by atomic mass is 10.1. The molecule has 2 heterocycles. The maximum atomic E-state index is 12.3. The molecule has 2 rings (SSSR count).